The van der Waals surface area contributed by atoms with E-state index < -0.39 is 16.2 Å². The highest BCUT2D eigenvalue weighted by molar-refractivity contribution is 5.28. The highest BCUT2D eigenvalue weighted by Crippen LogP contribution is 2.05. The van der Waals surface area contributed by atoms with Crippen molar-refractivity contribution >= 4 is 5.69 Å². The first-order valence-electron chi connectivity index (χ1n) is 4.03. The molecule has 0 aromatic carbocycles. The van der Waals surface area contributed by atoms with Crippen molar-refractivity contribution in [3.05, 3.63) is 50.9 Å². The predicted octanol–water partition coefficient (Wildman–Crippen LogP) is 1.25. The molecule has 0 spiro atoms. The summed E-state index contributed by atoms with van der Waals surface area (Å²) in [5.74, 6) is 0. The lowest BCUT2D eigenvalue weighted by Crippen LogP contribution is -2.23. The molecule has 5 heteroatoms. The molecule has 0 aliphatic heterocycles. The van der Waals surface area contributed by atoms with Crippen LogP contribution in [0.4, 0.5) is 5.69 Å². The lowest BCUT2D eigenvalue weighted by molar-refractivity contribution is -0.386. The fourth-order valence-corrected chi connectivity index (χ4v) is 1.15. The monoisotopic (exact) mass is 194 g/mol. The Kier molecular flexibility index (Phi) is 2.81. The van der Waals surface area contributed by atoms with Gasteiger partial charge in [-0.15, -0.1) is 6.58 Å². The second kappa shape index (κ2) is 3.87. The lowest BCUT2D eigenvalue weighted by atomic mass is 10.3. The van der Waals surface area contributed by atoms with Gasteiger partial charge in [-0.05, 0) is 13.0 Å². The van der Waals surface area contributed by atoms with Crippen molar-refractivity contribution in [3.63, 3.8) is 0 Å². The van der Waals surface area contributed by atoms with Crippen LogP contribution in [0.5, 0.6) is 0 Å². The van der Waals surface area contributed by atoms with Crippen LogP contribution in [0.1, 0.15) is 5.69 Å². The Morgan fingerprint density at radius 3 is 2.79 bits per heavy atom. The van der Waals surface area contributed by atoms with Crippen molar-refractivity contribution in [2.75, 3.05) is 0 Å². The van der Waals surface area contributed by atoms with Crippen molar-refractivity contribution in [3.8, 4) is 0 Å². The predicted molar refractivity (Wildman–Crippen MR) is 52.3 cm³/mol. The topological polar surface area (TPSA) is 65.1 Å². The molecule has 0 fully saturated rings. The zero-order chi connectivity index (χ0) is 10.7. The molecule has 1 heterocycles. The van der Waals surface area contributed by atoms with E-state index in [1.165, 1.54) is 16.7 Å². The van der Waals surface area contributed by atoms with E-state index in [1.807, 2.05) is 0 Å². The molecular weight excluding hydrogens is 184 g/mol. The second-order valence-corrected chi connectivity index (χ2v) is 2.82. The Balaban J connectivity index is 3.41. The summed E-state index contributed by atoms with van der Waals surface area (Å²) in [4.78, 5) is 21.3. The summed E-state index contributed by atoms with van der Waals surface area (Å²) in [5, 5.41) is 10.5. The van der Waals surface area contributed by atoms with E-state index in [-0.39, 0.29) is 6.54 Å². The molecule has 0 atom stereocenters. The maximum absolute atomic E-state index is 11.5. The Labute approximate surface area is 80.4 Å². The second-order valence-electron chi connectivity index (χ2n) is 2.82. The molecule has 0 amide bonds. The maximum Gasteiger partial charge on any atom is 0.334 e. The molecular formula is C9H10N2O3. The summed E-state index contributed by atoms with van der Waals surface area (Å²) in [6, 6.07) is 2.76. The summed E-state index contributed by atoms with van der Waals surface area (Å²) < 4.78 is 1.31. The van der Waals surface area contributed by atoms with Crippen LogP contribution in [0.25, 0.3) is 0 Å². The van der Waals surface area contributed by atoms with Crippen molar-refractivity contribution in [2.24, 2.45) is 0 Å². The number of pyridine rings is 1. The first kappa shape index (κ1) is 10.2. The van der Waals surface area contributed by atoms with Crippen LogP contribution in [0.15, 0.2) is 29.6 Å². The quantitative estimate of drug-likeness (QED) is 0.413. The SMILES string of the molecule is C=CCn1c(C)ccc([N+](=O)[O-])c1=O. The number of nitrogens with zero attached hydrogens (tertiary/aromatic N) is 2. The molecule has 0 aliphatic rings. The van der Waals surface area contributed by atoms with E-state index in [9.17, 15) is 14.9 Å². The van der Waals surface area contributed by atoms with Crippen molar-refractivity contribution in [1.29, 1.82) is 0 Å². The van der Waals surface area contributed by atoms with E-state index in [2.05, 4.69) is 6.58 Å². The van der Waals surface area contributed by atoms with Gasteiger partial charge in [0.15, 0.2) is 0 Å². The molecule has 0 saturated heterocycles. The summed E-state index contributed by atoms with van der Waals surface area (Å²) in [6.07, 6.45) is 1.53. The molecule has 0 N–H and O–H groups in total. The minimum absolute atomic E-state index is 0.284. The number of nitro groups is 1. The minimum atomic E-state index is -0.679. The summed E-state index contributed by atoms with van der Waals surface area (Å²) in [6.45, 7) is 5.48. The maximum atomic E-state index is 11.5. The van der Waals surface area contributed by atoms with E-state index >= 15 is 0 Å². The Hall–Kier alpha value is -1.91. The van der Waals surface area contributed by atoms with Crippen LogP contribution in [0.2, 0.25) is 0 Å². The van der Waals surface area contributed by atoms with Gasteiger partial charge in [0.25, 0.3) is 0 Å². The zero-order valence-electron chi connectivity index (χ0n) is 7.77. The standard InChI is InChI=1S/C9H10N2O3/c1-3-6-10-7(2)4-5-8(9(10)12)11(13)14/h3-5H,1,6H2,2H3. The Morgan fingerprint density at radius 2 is 2.29 bits per heavy atom. The number of aromatic nitrogens is 1. The first-order valence-corrected chi connectivity index (χ1v) is 4.03. The number of hydrogen-bond acceptors (Lipinski definition) is 3. The fourth-order valence-electron chi connectivity index (χ4n) is 1.15. The summed E-state index contributed by atoms with van der Waals surface area (Å²) in [7, 11) is 0. The average Bonchev–Trinajstić information content (AvgIpc) is 2.11. The number of rotatable bonds is 3. The molecule has 0 saturated carbocycles. The number of hydrogen-bond donors (Lipinski definition) is 0. The van der Waals surface area contributed by atoms with Gasteiger partial charge in [-0.1, -0.05) is 6.08 Å². The fraction of sp³-hybridized carbons (Fsp3) is 0.222. The Bertz CT molecular complexity index is 434. The third-order valence-corrected chi connectivity index (χ3v) is 1.88. The van der Waals surface area contributed by atoms with Crippen LogP contribution in [-0.2, 0) is 6.54 Å². The molecule has 0 radical (unpaired) electrons. The third-order valence-electron chi connectivity index (χ3n) is 1.88. The van der Waals surface area contributed by atoms with Gasteiger partial charge in [-0.2, -0.15) is 0 Å². The molecule has 1 aromatic heterocycles. The molecule has 1 aromatic rings. The van der Waals surface area contributed by atoms with Crippen LogP contribution in [0, 0.1) is 17.0 Å². The third kappa shape index (κ3) is 1.71. The van der Waals surface area contributed by atoms with Gasteiger partial charge in [0.2, 0.25) is 0 Å². The number of aryl methyl sites for hydroxylation is 1. The molecule has 14 heavy (non-hydrogen) atoms. The van der Waals surface area contributed by atoms with Gasteiger partial charge in [-0.25, -0.2) is 0 Å². The lowest BCUT2D eigenvalue weighted by Gasteiger charge is -2.05. The largest absolute Gasteiger partial charge is 0.334 e. The van der Waals surface area contributed by atoms with E-state index in [1.54, 1.807) is 13.0 Å². The summed E-state index contributed by atoms with van der Waals surface area (Å²) >= 11 is 0. The zero-order valence-corrected chi connectivity index (χ0v) is 7.77. The van der Waals surface area contributed by atoms with Crippen LogP contribution < -0.4 is 5.56 Å². The molecule has 74 valence electrons. The van der Waals surface area contributed by atoms with Crippen molar-refractivity contribution < 1.29 is 4.92 Å². The van der Waals surface area contributed by atoms with Gasteiger partial charge >= 0.3 is 11.2 Å². The van der Waals surface area contributed by atoms with Gasteiger partial charge < -0.3 is 4.57 Å². The molecule has 1 rings (SSSR count). The molecule has 0 bridgehead atoms. The summed E-state index contributed by atoms with van der Waals surface area (Å²) in [5.41, 5.74) is -0.312. The highest BCUT2D eigenvalue weighted by atomic mass is 16.6. The van der Waals surface area contributed by atoms with Crippen LogP contribution >= 0.6 is 0 Å². The van der Waals surface area contributed by atoms with Gasteiger partial charge in [-0.3, -0.25) is 14.9 Å². The minimum Gasteiger partial charge on any atom is -0.303 e. The van der Waals surface area contributed by atoms with Crippen molar-refractivity contribution in [1.82, 2.24) is 4.57 Å². The average molecular weight is 194 g/mol. The first-order chi connectivity index (χ1) is 6.57. The van der Waals surface area contributed by atoms with Crippen LogP contribution in [-0.4, -0.2) is 9.49 Å². The van der Waals surface area contributed by atoms with Gasteiger partial charge in [0, 0.05) is 18.3 Å². The Morgan fingerprint density at radius 1 is 1.64 bits per heavy atom. The highest BCUT2D eigenvalue weighted by Gasteiger charge is 2.14. The van der Waals surface area contributed by atoms with Crippen LogP contribution in [0.3, 0.4) is 0 Å². The van der Waals surface area contributed by atoms with E-state index in [0.717, 1.165) is 0 Å². The smallest absolute Gasteiger partial charge is 0.303 e. The van der Waals surface area contributed by atoms with Crippen molar-refractivity contribution in [2.45, 2.75) is 13.5 Å². The van der Waals surface area contributed by atoms with E-state index in [4.69, 9.17) is 0 Å². The molecule has 0 aliphatic carbocycles. The normalized spacial score (nSPS) is 9.79. The molecule has 0 unspecified atom stereocenters. The van der Waals surface area contributed by atoms with E-state index in [0.29, 0.717) is 5.69 Å². The van der Waals surface area contributed by atoms with Gasteiger partial charge in [0.05, 0.1) is 4.92 Å². The van der Waals surface area contributed by atoms with Gasteiger partial charge in [0.1, 0.15) is 0 Å². The number of allylic oxidation sites excluding steroid dienone is 1. The molecule has 5 nitrogen and oxygen atoms in total.